The summed E-state index contributed by atoms with van der Waals surface area (Å²) in [5.41, 5.74) is 3.83. The summed E-state index contributed by atoms with van der Waals surface area (Å²) in [6, 6.07) is 14.6. The summed E-state index contributed by atoms with van der Waals surface area (Å²) in [4.78, 5) is 6.88. The van der Waals surface area contributed by atoms with Crippen molar-refractivity contribution in [2.45, 2.75) is 51.0 Å². The minimum absolute atomic E-state index is 0.0248. The minimum atomic E-state index is 0.0248. The molecular formula is C22H28N2O2. The van der Waals surface area contributed by atoms with E-state index in [9.17, 15) is 0 Å². The van der Waals surface area contributed by atoms with E-state index in [0.717, 1.165) is 44.6 Å². The summed E-state index contributed by atoms with van der Waals surface area (Å²) in [6.45, 7) is 6.73. The van der Waals surface area contributed by atoms with Gasteiger partial charge in [-0.1, -0.05) is 30.3 Å². The van der Waals surface area contributed by atoms with Crippen LogP contribution in [0.3, 0.4) is 0 Å². The number of benzene rings is 1. The number of aryl methyl sites for hydroxylation is 1. The Morgan fingerprint density at radius 1 is 1.15 bits per heavy atom. The molecule has 0 saturated carbocycles. The summed E-state index contributed by atoms with van der Waals surface area (Å²) >= 11 is 0. The van der Waals surface area contributed by atoms with E-state index in [1.54, 1.807) is 0 Å². The molecule has 1 atom stereocenters. The van der Waals surface area contributed by atoms with Crippen LogP contribution >= 0.6 is 0 Å². The maximum atomic E-state index is 6.23. The van der Waals surface area contributed by atoms with Crippen molar-refractivity contribution in [1.29, 1.82) is 0 Å². The molecule has 0 radical (unpaired) electrons. The molecule has 2 saturated heterocycles. The smallest absolute Gasteiger partial charge is 0.0892 e. The number of aromatic nitrogens is 1. The summed E-state index contributed by atoms with van der Waals surface area (Å²) in [7, 11) is 0. The van der Waals surface area contributed by atoms with E-state index in [1.165, 1.54) is 11.1 Å². The second-order valence-corrected chi connectivity index (χ2v) is 7.65. The van der Waals surface area contributed by atoms with Gasteiger partial charge in [0.05, 0.1) is 30.6 Å². The average molecular weight is 352 g/mol. The Morgan fingerprint density at radius 3 is 2.73 bits per heavy atom. The fourth-order valence-electron chi connectivity index (χ4n) is 4.09. The van der Waals surface area contributed by atoms with Gasteiger partial charge >= 0.3 is 0 Å². The lowest BCUT2D eigenvalue weighted by molar-refractivity contribution is -0.0469. The van der Waals surface area contributed by atoms with Gasteiger partial charge in [0.2, 0.25) is 0 Å². The number of nitrogens with zero attached hydrogens (tertiary/aromatic N) is 2. The lowest BCUT2D eigenvalue weighted by Crippen LogP contribution is -2.44. The highest BCUT2D eigenvalue weighted by atomic mass is 16.6. The van der Waals surface area contributed by atoms with Crippen molar-refractivity contribution in [2.24, 2.45) is 0 Å². The summed E-state index contributed by atoms with van der Waals surface area (Å²) in [5.74, 6) is 0. The molecule has 2 fully saturated rings. The minimum Gasteiger partial charge on any atom is -0.372 e. The molecule has 4 nitrogen and oxygen atoms in total. The van der Waals surface area contributed by atoms with E-state index >= 15 is 0 Å². The number of pyridine rings is 1. The fourth-order valence-corrected chi connectivity index (χ4v) is 4.09. The van der Waals surface area contributed by atoms with E-state index in [2.05, 4.69) is 41.1 Å². The van der Waals surface area contributed by atoms with Crippen LogP contribution in [0.2, 0.25) is 0 Å². The predicted molar refractivity (Wildman–Crippen MR) is 102 cm³/mol. The molecule has 1 aromatic carbocycles. The third kappa shape index (κ3) is 4.14. The average Bonchev–Trinajstić information content (AvgIpc) is 3.08. The van der Waals surface area contributed by atoms with E-state index in [0.29, 0.717) is 13.2 Å². The van der Waals surface area contributed by atoms with Crippen molar-refractivity contribution in [3.63, 3.8) is 0 Å². The van der Waals surface area contributed by atoms with Gasteiger partial charge in [-0.15, -0.1) is 0 Å². The predicted octanol–water partition coefficient (Wildman–Crippen LogP) is 3.73. The van der Waals surface area contributed by atoms with Crippen molar-refractivity contribution in [1.82, 2.24) is 9.88 Å². The number of likely N-dealkylation sites (tertiary alicyclic amines) is 1. The number of ether oxygens (including phenoxy) is 2. The highest BCUT2D eigenvalue weighted by Crippen LogP contribution is 2.37. The van der Waals surface area contributed by atoms with Gasteiger partial charge < -0.3 is 9.47 Å². The Bertz CT molecular complexity index is 711. The Labute approximate surface area is 156 Å². The first-order valence-electron chi connectivity index (χ1n) is 9.65. The zero-order chi connectivity index (χ0) is 17.8. The second kappa shape index (κ2) is 7.87. The first-order valence-corrected chi connectivity index (χ1v) is 9.65. The van der Waals surface area contributed by atoms with Crippen LogP contribution in [-0.4, -0.2) is 41.3 Å². The number of rotatable bonds is 5. The molecule has 3 heterocycles. The Balaban J connectivity index is 1.26. The van der Waals surface area contributed by atoms with E-state index in [1.807, 2.05) is 24.4 Å². The second-order valence-electron chi connectivity index (χ2n) is 7.65. The summed E-state index contributed by atoms with van der Waals surface area (Å²) in [6.07, 6.45) is 5.22. The molecule has 0 aliphatic carbocycles. The monoisotopic (exact) mass is 352 g/mol. The summed E-state index contributed by atoms with van der Waals surface area (Å²) in [5, 5.41) is 0. The van der Waals surface area contributed by atoms with Crippen molar-refractivity contribution >= 4 is 0 Å². The zero-order valence-corrected chi connectivity index (χ0v) is 15.6. The Hall–Kier alpha value is -1.75. The SMILES string of the molecule is Cc1ccccc1CN1CCC2(CC1)C[C@@H](OCc1ccccn1)CO2. The molecule has 1 aromatic heterocycles. The molecule has 0 unspecified atom stereocenters. The number of hydrogen-bond acceptors (Lipinski definition) is 4. The third-order valence-electron chi connectivity index (χ3n) is 5.79. The van der Waals surface area contributed by atoms with Gasteiger partial charge in [0.1, 0.15) is 0 Å². The van der Waals surface area contributed by atoms with E-state index in [-0.39, 0.29) is 11.7 Å². The van der Waals surface area contributed by atoms with Crippen molar-refractivity contribution < 1.29 is 9.47 Å². The topological polar surface area (TPSA) is 34.6 Å². The normalized spacial score (nSPS) is 22.7. The molecule has 0 amide bonds. The van der Waals surface area contributed by atoms with Crippen molar-refractivity contribution in [3.05, 3.63) is 65.5 Å². The number of piperidine rings is 1. The van der Waals surface area contributed by atoms with Crippen molar-refractivity contribution in [2.75, 3.05) is 19.7 Å². The highest BCUT2D eigenvalue weighted by molar-refractivity contribution is 5.25. The van der Waals surface area contributed by atoms with Crippen LogP contribution in [0.4, 0.5) is 0 Å². The van der Waals surface area contributed by atoms with Crippen LogP contribution < -0.4 is 0 Å². The molecule has 138 valence electrons. The van der Waals surface area contributed by atoms with E-state index in [4.69, 9.17) is 9.47 Å². The maximum absolute atomic E-state index is 6.23. The zero-order valence-electron chi connectivity index (χ0n) is 15.6. The van der Waals surface area contributed by atoms with Gasteiger partial charge in [-0.2, -0.15) is 0 Å². The molecule has 2 aromatic rings. The van der Waals surface area contributed by atoms with Crippen LogP contribution in [0.25, 0.3) is 0 Å². The van der Waals surface area contributed by atoms with Gasteiger partial charge in [0.25, 0.3) is 0 Å². The van der Waals surface area contributed by atoms with Gasteiger partial charge in [0.15, 0.2) is 0 Å². The standard InChI is InChI=1S/C22H28N2O2/c1-18-6-2-3-7-19(18)15-24-12-9-22(10-13-24)14-21(17-26-22)25-16-20-8-4-5-11-23-20/h2-8,11,21H,9-10,12-17H2,1H3/t21-/m1/s1. The maximum Gasteiger partial charge on any atom is 0.0892 e. The van der Waals surface area contributed by atoms with Crippen LogP contribution in [0.15, 0.2) is 48.7 Å². The van der Waals surface area contributed by atoms with Crippen LogP contribution in [-0.2, 0) is 22.6 Å². The highest BCUT2D eigenvalue weighted by Gasteiger charge is 2.43. The summed E-state index contributed by atoms with van der Waals surface area (Å²) < 4.78 is 12.3. The molecule has 2 aliphatic heterocycles. The lowest BCUT2D eigenvalue weighted by atomic mass is 9.87. The van der Waals surface area contributed by atoms with Crippen LogP contribution in [0.1, 0.15) is 36.1 Å². The molecule has 1 spiro atoms. The number of hydrogen-bond donors (Lipinski definition) is 0. The molecule has 26 heavy (non-hydrogen) atoms. The molecule has 4 rings (SSSR count). The molecule has 0 bridgehead atoms. The van der Waals surface area contributed by atoms with Gasteiger partial charge in [-0.25, -0.2) is 0 Å². The van der Waals surface area contributed by atoms with Crippen LogP contribution in [0, 0.1) is 6.92 Å². The fraction of sp³-hybridized carbons (Fsp3) is 0.500. The first kappa shape index (κ1) is 17.7. The van der Waals surface area contributed by atoms with Crippen LogP contribution in [0.5, 0.6) is 0 Å². The third-order valence-corrected chi connectivity index (χ3v) is 5.79. The lowest BCUT2D eigenvalue weighted by Gasteiger charge is -2.38. The van der Waals surface area contributed by atoms with E-state index < -0.39 is 0 Å². The quantitative estimate of drug-likeness (QED) is 0.821. The Kier molecular flexibility index (Phi) is 5.34. The van der Waals surface area contributed by atoms with Gasteiger partial charge in [0, 0.05) is 32.3 Å². The largest absolute Gasteiger partial charge is 0.372 e. The molecular weight excluding hydrogens is 324 g/mol. The molecule has 2 aliphatic rings. The van der Waals surface area contributed by atoms with Gasteiger partial charge in [-0.3, -0.25) is 9.88 Å². The molecule has 4 heteroatoms. The van der Waals surface area contributed by atoms with Crippen molar-refractivity contribution in [3.8, 4) is 0 Å². The first-order chi connectivity index (χ1) is 12.7. The molecule has 0 N–H and O–H groups in total. The van der Waals surface area contributed by atoms with Gasteiger partial charge in [-0.05, 0) is 43.0 Å². The Morgan fingerprint density at radius 2 is 1.96 bits per heavy atom.